The third kappa shape index (κ3) is 2.28. The maximum absolute atomic E-state index is 12.9. The summed E-state index contributed by atoms with van der Waals surface area (Å²) in [6.45, 7) is 0. The summed E-state index contributed by atoms with van der Waals surface area (Å²) in [6, 6.07) is 3.28. The number of aliphatic hydroxyl groups is 1. The Labute approximate surface area is 103 Å². The second-order valence-corrected chi connectivity index (χ2v) is 4.79. The predicted octanol–water partition coefficient (Wildman–Crippen LogP) is 3.27. The van der Waals surface area contributed by atoms with Crippen LogP contribution >= 0.6 is 27.3 Å². The maximum atomic E-state index is 12.9. The van der Waals surface area contributed by atoms with E-state index >= 15 is 0 Å². The molecule has 16 heavy (non-hydrogen) atoms. The molecule has 1 unspecified atom stereocenters. The van der Waals surface area contributed by atoms with Crippen LogP contribution in [0.15, 0.2) is 28.2 Å². The lowest BCUT2D eigenvalue weighted by Crippen LogP contribution is -2.00. The van der Waals surface area contributed by atoms with Crippen LogP contribution in [-0.4, -0.2) is 10.1 Å². The van der Waals surface area contributed by atoms with Gasteiger partial charge in [-0.05, 0) is 33.6 Å². The van der Waals surface area contributed by atoms with Crippen LogP contribution in [0.25, 0.3) is 0 Å². The lowest BCUT2D eigenvalue weighted by atomic mass is 10.1. The fourth-order valence-corrected chi connectivity index (χ4v) is 2.49. The van der Waals surface area contributed by atoms with Crippen molar-refractivity contribution in [3.63, 3.8) is 0 Å². The van der Waals surface area contributed by atoms with E-state index < -0.39 is 17.7 Å². The molecular weight excluding hydrogens is 300 g/mol. The first-order valence-corrected chi connectivity index (χ1v) is 5.99. The Balaban J connectivity index is 2.33. The van der Waals surface area contributed by atoms with Crippen molar-refractivity contribution in [3.05, 3.63) is 50.4 Å². The van der Waals surface area contributed by atoms with E-state index in [1.54, 1.807) is 5.38 Å². The molecule has 1 aromatic heterocycles. The Morgan fingerprint density at radius 1 is 1.31 bits per heavy atom. The van der Waals surface area contributed by atoms with E-state index in [0.717, 1.165) is 12.1 Å². The molecule has 2 rings (SSSR count). The van der Waals surface area contributed by atoms with Gasteiger partial charge < -0.3 is 5.11 Å². The number of aliphatic hydroxyl groups excluding tert-OH is 1. The predicted molar refractivity (Wildman–Crippen MR) is 60.2 cm³/mol. The minimum Gasteiger partial charge on any atom is -0.381 e. The normalized spacial score (nSPS) is 12.8. The Morgan fingerprint density at radius 3 is 2.62 bits per heavy atom. The van der Waals surface area contributed by atoms with Gasteiger partial charge in [0.05, 0.1) is 0 Å². The average molecular weight is 306 g/mol. The van der Waals surface area contributed by atoms with Gasteiger partial charge in [0.15, 0.2) is 11.6 Å². The summed E-state index contributed by atoms with van der Waals surface area (Å²) in [5.74, 6) is -1.91. The summed E-state index contributed by atoms with van der Waals surface area (Å²) in [5, 5.41) is 12.0. The lowest BCUT2D eigenvalue weighted by Gasteiger charge is -2.07. The van der Waals surface area contributed by atoms with Crippen LogP contribution in [0.3, 0.4) is 0 Å². The monoisotopic (exact) mass is 305 g/mol. The van der Waals surface area contributed by atoms with Crippen LogP contribution in [0.1, 0.15) is 16.7 Å². The number of hydrogen-bond acceptors (Lipinski definition) is 3. The molecule has 84 valence electrons. The van der Waals surface area contributed by atoms with Crippen LogP contribution in [0.2, 0.25) is 0 Å². The molecule has 6 heteroatoms. The van der Waals surface area contributed by atoms with Crippen molar-refractivity contribution < 1.29 is 13.9 Å². The Bertz CT molecular complexity index is 517. The highest BCUT2D eigenvalue weighted by Crippen LogP contribution is 2.27. The zero-order valence-electron chi connectivity index (χ0n) is 7.82. The van der Waals surface area contributed by atoms with E-state index in [1.807, 2.05) is 0 Å². The van der Waals surface area contributed by atoms with E-state index in [1.165, 1.54) is 17.4 Å². The molecule has 0 radical (unpaired) electrons. The maximum Gasteiger partial charge on any atom is 0.159 e. The lowest BCUT2D eigenvalue weighted by molar-refractivity contribution is 0.219. The minimum atomic E-state index is -1.04. The number of nitrogens with zero attached hydrogens (tertiary/aromatic N) is 1. The molecule has 0 amide bonds. The second kappa shape index (κ2) is 4.57. The zero-order chi connectivity index (χ0) is 11.7. The second-order valence-electron chi connectivity index (χ2n) is 3.08. The highest BCUT2D eigenvalue weighted by molar-refractivity contribution is 9.10. The molecule has 1 N–H and O–H groups in total. The van der Waals surface area contributed by atoms with Gasteiger partial charge in [0.1, 0.15) is 15.7 Å². The van der Waals surface area contributed by atoms with Crippen LogP contribution in [0.5, 0.6) is 0 Å². The SMILES string of the molecule is OC(c1ccc(F)c(F)c1)c1nc(Br)cs1. The highest BCUT2D eigenvalue weighted by atomic mass is 79.9. The van der Waals surface area contributed by atoms with Gasteiger partial charge in [0.25, 0.3) is 0 Å². The number of halogens is 3. The fourth-order valence-electron chi connectivity index (χ4n) is 1.22. The molecule has 0 fully saturated rings. The molecule has 0 aliphatic carbocycles. The number of benzene rings is 1. The van der Waals surface area contributed by atoms with Gasteiger partial charge >= 0.3 is 0 Å². The topological polar surface area (TPSA) is 33.1 Å². The molecule has 1 aromatic carbocycles. The summed E-state index contributed by atoms with van der Waals surface area (Å²) in [4.78, 5) is 4.01. The highest BCUT2D eigenvalue weighted by Gasteiger charge is 2.16. The fraction of sp³-hybridized carbons (Fsp3) is 0.100. The Morgan fingerprint density at radius 2 is 2.06 bits per heavy atom. The van der Waals surface area contributed by atoms with Gasteiger partial charge in [-0.25, -0.2) is 13.8 Å². The van der Waals surface area contributed by atoms with E-state index in [9.17, 15) is 13.9 Å². The number of thiazole rings is 1. The Hall–Kier alpha value is -0.850. The standard InChI is InChI=1S/C10H6BrF2NOS/c11-8-4-16-10(14-8)9(15)5-1-2-6(12)7(13)3-5/h1-4,9,15H. The quantitative estimate of drug-likeness (QED) is 0.924. The summed E-state index contributed by atoms with van der Waals surface area (Å²) < 4.78 is 26.2. The first kappa shape index (κ1) is 11.6. The minimum absolute atomic E-state index is 0.278. The molecular formula is C10H6BrF2NOS. The molecule has 0 aliphatic heterocycles. The molecule has 0 bridgehead atoms. The van der Waals surface area contributed by atoms with Crippen LogP contribution in [0, 0.1) is 11.6 Å². The molecule has 2 aromatic rings. The molecule has 0 spiro atoms. The molecule has 0 aliphatic rings. The van der Waals surface area contributed by atoms with Gasteiger partial charge in [-0.15, -0.1) is 11.3 Å². The van der Waals surface area contributed by atoms with Gasteiger partial charge in [-0.2, -0.15) is 0 Å². The van der Waals surface area contributed by atoms with E-state index in [2.05, 4.69) is 20.9 Å². The summed E-state index contributed by atoms with van der Waals surface area (Å²) in [5.41, 5.74) is 0.278. The van der Waals surface area contributed by atoms with Gasteiger partial charge in [0, 0.05) is 5.38 Å². The van der Waals surface area contributed by atoms with E-state index in [4.69, 9.17) is 0 Å². The van der Waals surface area contributed by atoms with Crippen molar-refractivity contribution in [2.24, 2.45) is 0 Å². The van der Waals surface area contributed by atoms with Crippen molar-refractivity contribution in [2.75, 3.05) is 0 Å². The van der Waals surface area contributed by atoms with Crippen molar-refractivity contribution in [2.45, 2.75) is 6.10 Å². The molecule has 2 nitrogen and oxygen atoms in total. The number of rotatable bonds is 2. The summed E-state index contributed by atoms with van der Waals surface area (Å²) in [7, 11) is 0. The molecule has 1 atom stereocenters. The number of hydrogen-bond donors (Lipinski definition) is 1. The van der Waals surface area contributed by atoms with E-state index in [-0.39, 0.29) is 5.56 Å². The third-order valence-electron chi connectivity index (χ3n) is 1.99. The Kier molecular flexibility index (Phi) is 3.32. The van der Waals surface area contributed by atoms with Gasteiger partial charge in [-0.3, -0.25) is 0 Å². The third-order valence-corrected chi connectivity index (χ3v) is 3.59. The van der Waals surface area contributed by atoms with Crippen molar-refractivity contribution in [1.82, 2.24) is 4.98 Å². The average Bonchev–Trinajstić information content (AvgIpc) is 2.68. The smallest absolute Gasteiger partial charge is 0.159 e. The van der Waals surface area contributed by atoms with Crippen molar-refractivity contribution in [3.8, 4) is 0 Å². The molecule has 0 saturated heterocycles. The zero-order valence-corrected chi connectivity index (χ0v) is 10.2. The van der Waals surface area contributed by atoms with Crippen LogP contribution in [0.4, 0.5) is 8.78 Å². The molecule has 0 saturated carbocycles. The number of aromatic nitrogens is 1. The van der Waals surface area contributed by atoms with E-state index in [0.29, 0.717) is 9.61 Å². The van der Waals surface area contributed by atoms with Crippen molar-refractivity contribution in [1.29, 1.82) is 0 Å². The summed E-state index contributed by atoms with van der Waals surface area (Å²) >= 11 is 4.39. The summed E-state index contributed by atoms with van der Waals surface area (Å²) in [6.07, 6.45) is -1.04. The molecule has 1 heterocycles. The van der Waals surface area contributed by atoms with Crippen LogP contribution < -0.4 is 0 Å². The first-order chi connectivity index (χ1) is 7.58. The van der Waals surface area contributed by atoms with Gasteiger partial charge in [-0.1, -0.05) is 6.07 Å². The largest absolute Gasteiger partial charge is 0.381 e. The van der Waals surface area contributed by atoms with Crippen LogP contribution in [-0.2, 0) is 0 Å². The van der Waals surface area contributed by atoms with Crippen molar-refractivity contribution >= 4 is 27.3 Å². The first-order valence-electron chi connectivity index (χ1n) is 4.32. The van der Waals surface area contributed by atoms with Gasteiger partial charge in [0.2, 0.25) is 0 Å².